The van der Waals surface area contributed by atoms with Gasteiger partial charge in [0.25, 0.3) is 11.8 Å². The summed E-state index contributed by atoms with van der Waals surface area (Å²) in [5, 5.41) is 4.17. The van der Waals surface area contributed by atoms with Crippen LogP contribution in [0.25, 0.3) is 11.2 Å². The molecule has 2 unspecified atom stereocenters. The predicted octanol–water partition coefficient (Wildman–Crippen LogP) is 4.18. The Labute approximate surface area is 230 Å². The van der Waals surface area contributed by atoms with Gasteiger partial charge in [-0.15, -0.1) is 0 Å². The van der Waals surface area contributed by atoms with Crippen molar-refractivity contribution in [3.63, 3.8) is 0 Å². The molecular formula is C30H26N6O4. The zero-order chi connectivity index (χ0) is 27.3. The number of amides is 2. The third-order valence-electron chi connectivity index (χ3n) is 6.68. The van der Waals surface area contributed by atoms with Gasteiger partial charge in [0.2, 0.25) is 0 Å². The number of fused-ring (bicyclic) bond motifs is 1. The number of ether oxygens (including phenoxy) is 1. The van der Waals surface area contributed by atoms with Crippen LogP contribution in [0.5, 0.6) is 0 Å². The first-order valence-electron chi connectivity index (χ1n) is 12.8. The summed E-state index contributed by atoms with van der Waals surface area (Å²) in [4.78, 5) is 45.1. The van der Waals surface area contributed by atoms with Gasteiger partial charge in [0.05, 0.1) is 19.5 Å². The van der Waals surface area contributed by atoms with Crippen LogP contribution in [0.3, 0.4) is 0 Å². The molecular weight excluding hydrogens is 508 g/mol. The summed E-state index contributed by atoms with van der Waals surface area (Å²) < 4.78 is 7.71. The maximum Gasteiger partial charge on any atom is 0.272 e. The summed E-state index contributed by atoms with van der Waals surface area (Å²) in [6.07, 6.45) is 2.88. The fraction of sp³-hybridized carbons (Fsp3) is 0.167. The van der Waals surface area contributed by atoms with Crippen molar-refractivity contribution >= 4 is 28.8 Å². The number of hydrogen-bond donors (Lipinski definition) is 1. The molecule has 6 rings (SSSR count). The summed E-state index contributed by atoms with van der Waals surface area (Å²) in [7, 11) is 0. The Balaban J connectivity index is 1.23. The summed E-state index contributed by atoms with van der Waals surface area (Å²) >= 11 is 0. The normalized spacial score (nSPS) is 16.6. The van der Waals surface area contributed by atoms with Crippen LogP contribution in [-0.4, -0.2) is 49.0 Å². The molecule has 200 valence electrons. The number of anilines is 1. The van der Waals surface area contributed by atoms with Crippen molar-refractivity contribution < 1.29 is 19.2 Å². The molecule has 1 aliphatic heterocycles. The van der Waals surface area contributed by atoms with Crippen LogP contribution in [0.4, 0.5) is 5.82 Å². The van der Waals surface area contributed by atoms with Crippen molar-refractivity contribution in [3.05, 3.63) is 120 Å². The quantitative estimate of drug-likeness (QED) is 0.268. The van der Waals surface area contributed by atoms with Gasteiger partial charge in [-0.3, -0.25) is 14.4 Å². The lowest BCUT2D eigenvalue weighted by molar-refractivity contribution is -0.252. The summed E-state index contributed by atoms with van der Waals surface area (Å²) in [6.45, 7) is 0.882. The van der Waals surface area contributed by atoms with Crippen LogP contribution < -0.4 is 5.32 Å². The molecule has 10 nitrogen and oxygen atoms in total. The van der Waals surface area contributed by atoms with E-state index in [1.54, 1.807) is 35.2 Å². The minimum absolute atomic E-state index is 0.239. The third kappa shape index (κ3) is 5.18. The van der Waals surface area contributed by atoms with E-state index in [-0.39, 0.29) is 30.8 Å². The molecule has 0 saturated carbocycles. The molecule has 1 N–H and O–H groups in total. The highest BCUT2D eigenvalue weighted by molar-refractivity contribution is 6.06. The topological polar surface area (TPSA) is 111 Å². The van der Waals surface area contributed by atoms with Crippen molar-refractivity contribution in [3.8, 4) is 0 Å². The molecule has 40 heavy (non-hydrogen) atoms. The van der Waals surface area contributed by atoms with E-state index in [9.17, 15) is 9.59 Å². The van der Waals surface area contributed by atoms with Gasteiger partial charge in [0.1, 0.15) is 25.0 Å². The fourth-order valence-electron chi connectivity index (χ4n) is 4.63. The van der Waals surface area contributed by atoms with E-state index >= 15 is 0 Å². The second-order valence-electron chi connectivity index (χ2n) is 9.30. The standard InChI is InChI=1S/C30H26N6O4/c37-29(23-14-8-3-9-15-23)34-27-25-28(32-19-31-27)35(20-33-25)26-24(18-39-16-21-10-4-1-5-11-21)36(30(26)38)40-17-22-12-6-2-7-13-22/h1-15,19-20,24,26H,16-18H2,(H,31,32,34,37). The number of rotatable bonds is 10. The monoisotopic (exact) mass is 534 g/mol. The van der Waals surface area contributed by atoms with Crippen LogP contribution in [-0.2, 0) is 27.6 Å². The average molecular weight is 535 g/mol. The highest BCUT2D eigenvalue weighted by Gasteiger charge is 2.51. The first kappa shape index (κ1) is 25.4. The molecule has 3 heterocycles. The second-order valence-corrected chi connectivity index (χ2v) is 9.30. The smallest absolute Gasteiger partial charge is 0.272 e. The number of nitrogens with one attached hydrogen (secondary N) is 1. The molecule has 1 aliphatic rings. The average Bonchev–Trinajstić information content (AvgIpc) is 3.42. The van der Waals surface area contributed by atoms with Crippen LogP contribution in [0.2, 0.25) is 0 Å². The number of nitrogens with zero attached hydrogens (tertiary/aromatic N) is 5. The van der Waals surface area contributed by atoms with Gasteiger partial charge >= 0.3 is 0 Å². The first-order chi connectivity index (χ1) is 19.7. The fourth-order valence-corrected chi connectivity index (χ4v) is 4.63. The lowest BCUT2D eigenvalue weighted by atomic mass is 9.98. The number of aromatic nitrogens is 4. The lowest BCUT2D eigenvalue weighted by Crippen LogP contribution is -2.62. The number of carbonyl (C=O) groups excluding carboxylic acids is 2. The molecule has 10 heteroatoms. The SMILES string of the molecule is O=C(Nc1ncnc2c1ncn2C1C(=O)N(OCc2ccccc2)C1COCc1ccccc1)c1ccccc1. The number of benzene rings is 3. The molecule has 0 radical (unpaired) electrons. The van der Waals surface area contributed by atoms with Gasteiger partial charge in [-0.1, -0.05) is 78.9 Å². The first-order valence-corrected chi connectivity index (χ1v) is 12.8. The summed E-state index contributed by atoms with van der Waals surface area (Å²) in [5.74, 6) is -0.294. The maximum absolute atomic E-state index is 13.4. The van der Waals surface area contributed by atoms with E-state index in [0.717, 1.165) is 11.1 Å². The number of imidazole rings is 1. The van der Waals surface area contributed by atoms with Crippen molar-refractivity contribution in [2.45, 2.75) is 25.3 Å². The third-order valence-corrected chi connectivity index (χ3v) is 6.68. The Bertz CT molecular complexity index is 1610. The van der Waals surface area contributed by atoms with Gasteiger partial charge in [0, 0.05) is 5.56 Å². The van der Waals surface area contributed by atoms with Crippen LogP contribution in [0.15, 0.2) is 104 Å². The molecule has 5 aromatic rings. The van der Waals surface area contributed by atoms with Gasteiger partial charge in [-0.25, -0.2) is 20.0 Å². The Morgan fingerprint density at radius 1 is 0.825 bits per heavy atom. The Kier molecular flexibility index (Phi) is 7.25. The summed E-state index contributed by atoms with van der Waals surface area (Å²) in [5.41, 5.74) is 3.27. The zero-order valence-electron chi connectivity index (χ0n) is 21.5. The van der Waals surface area contributed by atoms with Gasteiger partial charge in [-0.05, 0) is 23.3 Å². The largest absolute Gasteiger partial charge is 0.374 e. The molecule has 0 spiro atoms. The van der Waals surface area contributed by atoms with Crippen LogP contribution in [0.1, 0.15) is 27.5 Å². The van der Waals surface area contributed by atoms with E-state index in [1.165, 1.54) is 11.4 Å². The van der Waals surface area contributed by atoms with E-state index in [2.05, 4.69) is 20.3 Å². The number of β-lactam (4-membered cyclic amide) rings is 1. The van der Waals surface area contributed by atoms with Gasteiger partial charge in [0.15, 0.2) is 17.0 Å². The Morgan fingerprint density at radius 2 is 1.48 bits per heavy atom. The van der Waals surface area contributed by atoms with Crippen LogP contribution in [0, 0.1) is 0 Å². The molecule has 0 bridgehead atoms. The molecule has 3 aromatic carbocycles. The number of carbonyl (C=O) groups is 2. The highest BCUT2D eigenvalue weighted by Crippen LogP contribution is 2.35. The minimum atomic E-state index is -0.649. The number of hydroxylamine groups is 2. The molecule has 1 fully saturated rings. The lowest BCUT2D eigenvalue weighted by Gasteiger charge is -2.45. The van der Waals surface area contributed by atoms with Crippen molar-refractivity contribution in [2.75, 3.05) is 11.9 Å². The van der Waals surface area contributed by atoms with Gasteiger partial charge < -0.3 is 14.6 Å². The van der Waals surface area contributed by atoms with Gasteiger partial charge in [-0.2, -0.15) is 0 Å². The van der Waals surface area contributed by atoms with E-state index < -0.39 is 12.1 Å². The predicted molar refractivity (Wildman–Crippen MR) is 147 cm³/mol. The highest BCUT2D eigenvalue weighted by atomic mass is 16.7. The van der Waals surface area contributed by atoms with Crippen molar-refractivity contribution in [1.29, 1.82) is 0 Å². The van der Waals surface area contributed by atoms with E-state index in [1.807, 2.05) is 66.7 Å². The Morgan fingerprint density at radius 3 is 2.17 bits per heavy atom. The van der Waals surface area contributed by atoms with E-state index in [0.29, 0.717) is 23.3 Å². The molecule has 0 aliphatic carbocycles. The van der Waals surface area contributed by atoms with Crippen molar-refractivity contribution in [2.24, 2.45) is 0 Å². The Hall–Kier alpha value is -4.93. The maximum atomic E-state index is 13.4. The molecule has 1 saturated heterocycles. The van der Waals surface area contributed by atoms with Crippen molar-refractivity contribution in [1.82, 2.24) is 24.6 Å². The minimum Gasteiger partial charge on any atom is -0.374 e. The van der Waals surface area contributed by atoms with E-state index in [4.69, 9.17) is 9.57 Å². The summed E-state index contributed by atoms with van der Waals surface area (Å²) in [6, 6.07) is 27.2. The number of hydrogen-bond acceptors (Lipinski definition) is 7. The molecule has 2 atom stereocenters. The molecule has 2 amide bonds. The second kappa shape index (κ2) is 11.4. The zero-order valence-corrected chi connectivity index (χ0v) is 21.5. The van der Waals surface area contributed by atoms with Crippen LogP contribution >= 0.6 is 0 Å². The molecule has 2 aromatic heterocycles.